The Morgan fingerprint density at radius 2 is 2.17 bits per heavy atom. The molecule has 0 aromatic heterocycles. The van der Waals surface area contributed by atoms with Crippen molar-refractivity contribution < 1.29 is 9.84 Å². The Hall–Kier alpha value is -1.20. The second-order valence-corrected chi connectivity index (χ2v) is 5.43. The minimum Gasteiger partial charge on any atom is -0.390 e. The minimum absolute atomic E-state index is 0.0960. The van der Waals surface area contributed by atoms with Crippen LogP contribution in [0.1, 0.15) is 13.3 Å². The monoisotopic (exact) mass is 265 g/mol. The van der Waals surface area contributed by atoms with Crippen molar-refractivity contribution >= 4 is 11.8 Å². The first-order valence-electron chi connectivity index (χ1n) is 5.80. The molecule has 1 aromatic carbocycles. The van der Waals surface area contributed by atoms with Crippen molar-refractivity contribution in [3.63, 3.8) is 0 Å². The fourth-order valence-electron chi connectivity index (χ4n) is 1.93. The summed E-state index contributed by atoms with van der Waals surface area (Å²) in [5, 5.41) is 13.5. The Morgan fingerprint density at radius 1 is 1.44 bits per heavy atom. The number of nitrogens with zero attached hydrogens (tertiary/aromatic N) is 3. The third kappa shape index (κ3) is 3.17. The van der Waals surface area contributed by atoms with Crippen LogP contribution in [-0.2, 0) is 4.74 Å². The molecule has 1 saturated heterocycles. The van der Waals surface area contributed by atoms with E-state index in [2.05, 4.69) is 10.0 Å². The van der Waals surface area contributed by atoms with E-state index in [0.29, 0.717) is 6.42 Å². The standard InChI is InChI=1S/C12H15N3O2S/c1-8-12(16)10(14-15-13)7-11(17-8)18-9-5-3-2-4-6-9/h2-6,8,10-12,16H,7H2,1H3/t8-,10-,11?,12-/m1/s1. The summed E-state index contributed by atoms with van der Waals surface area (Å²) in [5.74, 6) is 0. The molecule has 1 unspecified atom stereocenters. The zero-order chi connectivity index (χ0) is 13.0. The van der Waals surface area contributed by atoms with E-state index in [1.807, 2.05) is 30.3 Å². The molecule has 0 bridgehead atoms. The lowest BCUT2D eigenvalue weighted by Crippen LogP contribution is -2.44. The van der Waals surface area contributed by atoms with Crippen molar-refractivity contribution in [3.8, 4) is 0 Å². The highest BCUT2D eigenvalue weighted by molar-refractivity contribution is 7.99. The lowest BCUT2D eigenvalue weighted by atomic mass is 10.0. The Balaban J connectivity index is 2.04. The van der Waals surface area contributed by atoms with Crippen molar-refractivity contribution in [2.75, 3.05) is 0 Å². The summed E-state index contributed by atoms with van der Waals surface area (Å²) in [5.41, 5.74) is 8.40. The SMILES string of the molecule is C[C@H]1OC(Sc2ccccc2)C[C@@H](N=[N+]=[N-])[C@@H]1O. The molecule has 1 aliphatic rings. The van der Waals surface area contributed by atoms with Gasteiger partial charge < -0.3 is 9.84 Å². The van der Waals surface area contributed by atoms with E-state index < -0.39 is 12.1 Å². The first-order valence-corrected chi connectivity index (χ1v) is 6.68. The number of ether oxygens (including phenoxy) is 1. The van der Waals surface area contributed by atoms with Gasteiger partial charge in [0.25, 0.3) is 0 Å². The predicted octanol–water partition coefficient (Wildman–Crippen LogP) is 2.95. The van der Waals surface area contributed by atoms with E-state index in [0.717, 1.165) is 4.90 Å². The fourth-order valence-corrected chi connectivity index (χ4v) is 3.08. The smallest absolute Gasteiger partial charge is 0.108 e. The summed E-state index contributed by atoms with van der Waals surface area (Å²) >= 11 is 1.58. The zero-order valence-corrected chi connectivity index (χ0v) is 10.8. The molecular weight excluding hydrogens is 250 g/mol. The van der Waals surface area contributed by atoms with Crippen molar-refractivity contribution in [1.82, 2.24) is 0 Å². The van der Waals surface area contributed by atoms with E-state index in [1.54, 1.807) is 18.7 Å². The van der Waals surface area contributed by atoms with E-state index >= 15 is 0 Å². The largest absolute Gasteiger partial charge is 0.390 e. The number of aliphatic hydroxyl groups is 1. The van der Waals surface area contributed by atoms with Gasteiger partial charge in [0.15, 0.2) is 0 Å². The Morgan fingerprint density at radius 3 is 2.83 bits per heavy atom. The first kappa shape index (κ1) is 13.2. The van der Waals surface area contributed by atoms with Crippen LogP contribution in [0.4, 0.5) is 0 Å². The van der Waals surface area contributed by atoms with Gasteiger partial charge in [0.1, 0.15) is 5.44 Å². The van der Waals surface area contributed by atoms with E-state index in [9.17, 15) is 5.11 Å². The first-order chi connectivity index (χ1) is 8.70. The van der Waals surface area contributed by atoms with Crippen LogP contribution in [0.2, 0.25) is 0 Å². The van der Waals surface area contributed by atoms with Gasteiger partial charge in [-0.05, 0) is 31.0 Å². The number of rotatable bonds is 3. The summed E-state index contributed by atoms with van der Waals surface area (Å²) in [6.07, 6.45) is -0.529. The molecule has 1 fully saturated rings. The van der Waals surface area contributed by atoms with E-state index in [1.165, 1.54) is 0 Å². The zero-order valence-electron chi connectivity index (χ0n) is 10.0. The number of aliphatic hydroxyl groups excluding tert-OH is 1. The van der Waals surface area contributed by atoms with Crippen LogP contribution in [-0.4, -0.2) is 28.8 Å². The molecule has 2 rings (SSSR count). The summed E-state index contributed by atoms with van der Waals surface area (Å²) in [4.78, 5) is 3.89. The molecule has 0 saturated carbocycles. The maximum atomic E-state index is 9.85. The molecule has 0 radical (unpaired) electrons. The van der Waals surface area contributed by atoms with Crippen molar-refractivity contribution in [1.29, 1.82) is 0 Å². The summed E-state index contributed by atoms with van der Waals surface area (Å²) in [6.45, 7) is 1.79. The topological polar surface area (TPSA) is 78.2 Å². The average molecular weight is 265 g/mol. The second kappa shape index (κ2) is 6.11. The maximum Gasteiger partial charge on any atom is 0.108 e. The summed E-state index contributed by atoms with van der Waals surface area (Å²) < 4.78 is 5.71. The van der Waals surface area contributed by atoms with Crippen LogP contribution in [0.25, 0.3) is 10.4 Å². The van der Waals surface area contributed by atoms with Gasteiger partial charge in [0, 0.05) is 9.81 Å². The number of benzene rings is 1. The summed E-state index contributed by atoms with van der Waals surface area (Å²) in [6, 6.07) is 9.49. The molecule has 5 nitrogen and oxygen atoms in total. The van der Waals surface area contributed by atoms with Gasteiger partial charge >= 0.3 is 0 Å². The molecule has 96 valence electrons. The molecule has 0 spiro atoms. The van der Waals surface area contributed by atoms with Gasteiger partial charge in [-0.2, -0.15) is 0 Å². The van der Waals surface area contributed by atoms with Crippen LogP contribution in [0.5, 0.6) is 0 Å². The van der Waals surface area contributed by atoms with Gasteiger partial charge in [-0.25, -0.2) is 0 Å². The van der Waals surface area contributed by atoms with E-state index in [4.69, 9.17) is 10.3 Å². The Bertz CT molecular complexity index is 436. The number of thioether (sulfide) groups is 1. The molecule has 1 aliphatic heterocycles. The molecule has 0 aliphatic carbocycles. The predicted molar refractivity (Wildman–Crippen MR) is 70.2 cm³/mol. The van der Waals surface area contributed by atoms with Crippen LogP contribution < -0.4 is 0 Å². The Labute approximate surface area is 110 Å². The third-order valence-corrected chi connectivity index (χ3v) is 4.00. The normalized spacial score (nSPS) is 31.7. The quantitative estimate of drug-likeness (QED) is 0.518. The van der Waals surface area contributed by atoms with Crippen LogP contribution >= 0.6 is 11.8 Å². The molecule has 1 N–H and O–H groups in total. The minimum atomic E-state index is -0.728. The van der Waals surface area contributed by atoms with Gasteiger partial charge in [0.2, 0.25) is 0 Å². The molecule has 4 atom stereocenters. The number of hydrogen-bond donors (Lipinski definition) is 1. The molecule has 18 heavy (non-hydrogen) atoms. The van der Waals surface area contributed by atoms with Gasteiger partial charge in [-0.15, -0.1) is 0 Å². The van der Waals surface area contributed by atoms with Crippen LogP contribution in [0, 0.1) is 0 Å². The lowest BCUT2D eigenvalue weighted by Gasteiger charge is -2.35. The molecule has 1 aromatic rings. The molecular formula is C12H15N3O2S. The van der Waals surface area contributed by atoms with Crippen LogP contribution in [0.3, 0.4) is 0 Å². The van der Waals surface area contributed by atoms with Crippen molar-refractivity contribution in [2.45, 2.75) is 41.9 Å². The number of hydrogen-bond acceptors (Lipinski definition) is 4. The van der Waals surface area contributed by atoms with E-state index in [-0.39, 0.29) is 11.5 Å². The second-order valence-electron chi connectivity index (χ2n) is 4.20. The fraction of sp³-hybridized carbons (Fsp3) is 0.500. The van der Waals surface area contributed by atoms with Crippen molar-refractivity contribution in [3.05, 3.63) is 40.8 Å². The lowest BCUT2D eigenvalue weighted by molar-refractivity contribution is -0.0866. The maximum absolute atomic E-state index is 9.85. The number of azide groups is 1. The van der Waals surface area contributed by atoms with Gasteiger partial charge in [-0.1, -0.05) is 35.1 Å². The summed E-state index contributed by atoms with van der Waals surface area (Å²) in [7, 11) is 0. The van der Waals surface area contributed by atoms with Gasteiger partial charge in [0.05, 0.1) is 18.2 Å². The molecule has 0 amide bonds. The highest BCUT2D eigenvalue weighted by Gasteiger charge is 2.35. The van der Waals surface area contributed by atoms with Crippen molar-refractivity contribution in [2.24, 2.45) is 5.11 Å². The van der Waals surface area contributed by atoms with Gasteiger partial charge in [-0.3, -0.25) is 0 Å². The third-order valence-electron chi connectivity index (χ3n) is 2.89. The van der Waals surface area contributed by atoms with Crippen LogP contribution in [0.15, 0.2) is 40.3 Å². The Kier molecular flexibility index (Phi) is 4.49. The highest BCUT2D eigenvalue weighted by atomic mass is 32.2. The average Bonchev–Trinajstić information content (AvgIpc) is 2.37. The highest BCUT2D eigenvalue weighted by Crippen LogP contribution is 2.33. The molecule has 6 heteroatoms. The molecule has 1 heterocycles.